The lowest BCUT2D eigenvalue weighted by Crippen LogP contribution is -2.67. The maximum absolute atomic E-state index is 14.4. The van der Waals surface area contributed by atoms with Gasteiger partial charge in [0, 0.05) is 41.0 Å². The van der Waals surface area contributed by atoms with Crippen molar-refractivity contribution in [1.82, 2.24) is 14.8 Å². The largest absolute Gasteiger partial charge is 0.496 e. The van der Waals surface area contributed by atoms with E-state index in [1.165, 1.54) is 0 Å². The van der Waals surface area contributed by atoms with Crippen molar-refractivity contribution < 1.29 is 23.8 Å². The van der Waals surface area contributed by atoms with Gasteiger partial charge in [0.2, 0.25) is 5.91 Å². The van der Waals surface area contributed by atoms with Crippen LogP contribution < -0.4 is 14.2 Å². The lowest BCUT2D eigenvalue weighted by atomic mass is 9.76. The number of H-pyrrole nitrogens is 1. The zero-order valence-corrected chi connectivity index (χ0v) is 23.2. The third kappa shape index (κ3) is 3.81. The Kier molecular flexibility index (Phi) is 6.41. The van der Waals surface area contributed by atoms with E-state index in [0.29, 0.717) is 30.4 Å². The van der Waals surface area contributed by atoms with E-state index in [9.17, 15) is 9.59 Å². The van der Waals surface area contributed by atoms with Crippen LogP contribution in [0.1, 0.15) is 42.1 Å². The van der Waals surface area contributed by atoms with Crippen LogP contribution >= 0.6 is 0 Å². The number of aromatic nitrogens is 1. The van der Waals surface area contributed by atoms with Gasteiger partial charge in [-0.15, -0.1) is 0 Å². The van der Waals surface area contributed by atoms with Crippen LogP contribution in [0, 0.1) is 0 Å². The summed E-state index contributed by atoms with van der Waals surface area (Å²) in [6.07, 6.45) is 0. The lowest BCUT2D eigenvalue weighted by molar-refractivity contribution is -0.167. The van der Waals surface area contributed by atoms with E-state index >= 15 is 0 Å². The summed E-state index contributed by atoms with van der Waals surface area (Å²) in [5.41, 5.74) is 3.23. The number of amides is 2. The van der Waals surface area contributed by atoms with Crippen molar-refractivity contribution in [2.24, 2.45) is 0 Å². The zero-order valence-electron chi connectivity index (χ0n) is 23.2. The number of methoxy groups -OCH3 is 2. The number of nitrogens with one attached hydrogen (secondary N) is 1. The van der Waals surface area contributed by atoms with Gasteiger partial charge in [0.25, 0.3) is 5.91 Å². The smallest absolute Gasteiger partial charge is 0.255 e. The Balaban J connectivity index is 1.52. The molecule has 0 aliphatic carbocycles. The minimum absolute atomic E-state index is 0.00875. The number of piperazine rings is 1. The Labute approximate surface area is 233 Å². The first-order valence-electron chi connectivity index (χ1n) is 13.5. The van der Waals surface area contributed by atoms with Crippen molar-refractivity contribution in [2.45, 2.75) is 31.8 Å². The van der Waals surface area contributed by atoms with E-state index in [-0.39, 0.29) is 30.8 Å². The minimum Gasteiger partial charge on any atom is -0.496 e. The normalized spacial score (nSPS) is 20.4. The van der Waals surface area contributed by atoms with Crippen LogP contribution in [0.2, 0.25) is 0 Å². The highest BCUT2D eigenvalue weighted by Gasteiger charge is 2.56. The second-order valence-corrected chi connectivity index (χ2v) is 10.4. The molecule has 1 N–H and O–H groups in total. The van der Waals surface area contributed by atoms with Gasteiger partial charge in [-0.05, 0) is 37.6 Å². The molecule has 206 valence electrons. The molecule has 1 fully saturated rings. The predicted molar refractivity (Wildman–Crippen MR) is 152 cm³/mol. The van der Waals surface area contributed by atoms with Crippen molar-refractivity contribution >= 4 is 22.7 Å². The molecule has 0 unspecified atom stereocenters. The lowest BCUT2D eigenvalue weighted by Gasteiger charge is -2.51. The summed E-state index contributed by atoms with van der Waals surface area (Å²) in [5.74, 6) is 1.52. The quantitative estimate of drug-likeness (QED) is 0.364. The van der Waals surface area contributed by atoms with Crippen molar-refractivity contribution in [3.63, 3.8) is 0 Å². The van der Waals surface area contributed by atoms with Gasteiger partial charge in [-0.1, -0.05) is 48.5 Å². The predicted octanol–water partition coefficient (Wildman–Crippen LogP) is 4.82. The molecule has 6 rings (SSSR count). The fourth-order valence-corrected chi connectivity index (χ4v) is 6.39. The van der Waals surface area contributed by atoms with Crippen LogP contribution in [0.15, 0.2) is 66.7 Å². The van der Waals surface area contributed by atoms with Crippen LogP contribution in [0.3, 0.4) is 0 Å². The van der Waals surface area contributed by atoms with Crippen molar-refractivity contribution in [3.05, 3.63) is 89.1 Å². The van der Waals surface area contributed by atoms with Gasteiger partial charge < -0.3 is 29.0 Å². The van der Waals surface area contributed by atoms with Gasteiger partial charge in [-0.25, -0.2) is 0 Å². The molecule has 2 aliphatic heterocycles. The highest BCUT2D eigenvalue weighted by molar-refractivity contribution is 6.01. The second-order valence-electron chi connectivity index (χ2n) is 10.4. The fourth-order valence-electron chi connectivity index (χ4n) is 6.39. The van der Waals surface area contributed by atoms with E-state index in [4.69, 9.17) is 14.2 Å². The van der Waals surface area contributed by atoms with E-state index in [0.717, 1.165) is 33.3 Å². The number of rotatable bonds is 7. The van der Waals surface area contributed by atoms with Crippen LogP contribution in [-0.4, -0.2) is 60.5 Å². The molecule has 3 heterocycles. The fraction of sp³-hybridized carbons (Fsp3) is 0.312. The Hall–Kier alpha value is -4.46. The second kappa shape index (κ2) is 9.93. The van der Waals surface area contributed by atoms with Gasteiger partial charge in [-0.3, -0.25) is 9.59 Å². The van der Waals surface area contributed by atoms with Gasteiger partial charge >= 0.3 is 0 Å². The standard InChI is InChI=1S/C32H33N3O5/c1-5-40-29-21(13-10-16-26(29)39-4)23-18-35-27(36)19-34(17-20-11-6-9-15-25(20)38-3)31(37)32(35,2)30-28(23)22-12-7-8-14-24(22)33-30/h6-16,23,33H,5,17-19H2,1-4H3/t23-,32-/m0/s1. The summed E-state index contributed by atoms with van der Waals surface area (Å²) in [6, 6.07) is 21.5. The van der Waals surface area contributed by atoms with Gasteiger partial charge in [0.15, 0.2) is 17.0 Å². The molecule has 2 aliphatic rings. The van der Waals surface area contributed by atoms with Crippen LogP contribution in [0.25, 0.3) is 10.9 Å². The summed E-state index contributed by atoms with van der Waals surface area (Å²) in [7, 11) is 3.23. The molecule has 1 aromatic heterocycles. The molecule has 0 saturated carbocycles. The molecule has 40 heavy (non-hydrogen) atoms. The summed E-state index contributed by atoms with van der Waals surface area (Å²) in [4.78, 5) is 35.3. The molecular formula is C32H33N3O5. The number of hydrogen-bond donors (Lipinski definition) is 1. The maximum atomic E-state index is 14.4. The minimum atomic E-state index is -1.20. The number of carbonyl (C=O) groups excluding carboxylic acids is 2. The van der Waals surface area contributed by atoms with Crippen molar-refractivity contribution in [1.29, 1.82) is 0 Å². The molecular weight excluding hydrogens is 506 g/mol. The van der Waals surface area contributed by atoms with E-state index in [1.54, 1.807) is 24.0 Å². The average Bonchev–Trinajstić information content (AvgIpc) is 3.37. The number of benzene rings is 3. The van der Waals surface area contributed by atoms with Gasteiger partial charge in [-0.2, -0.15) is 0 Å². The highest BCUT2D eigenvalue weighted by Crippen LogP contribution is 2.50. The molecule has 2 atom stereocenters. The molecule has 0 radical (unpaired) electrons. The first kappa shape index (κ1) is 25.8. The van der Waals surface area contributed by atoms with Crippen LogP contribution in [-0.2, 0) is 21.7 Å². The summed E-state index contributed by atoms with van der Waals surface area (Å²) in [6.45, 7) is 4.88. The monoisotopic (exact) mass is 539 g/mol. The van der Waals surface area contributed by atoms with Crippen LogP contribution in [0.4, 0.5) is 0 Å². The number of carbonyl (C=O) groups is 2. The number of ether oxygens (including phenoxy) is 3. The molecule has 8 heteroatoms. The number of nitrogens with zero attached hydrogens (tertiary/aromatic N) is 2. The van der Waals surface area contributed by atoms with Gasteiger partial charge in [0.05, 0.1) is 26.5 Å². The highest BCUT2D eigenvalue weighted by atomic mass is 16.5. The Morgan fingerprint density at radius 1 is 0.950 bits per heavy atom. The molecule has 3 aromatic carbocycles. The maximum Gasteiger partial charge on any atom is 0.255 e. The summed E-state index contributed by atoms with van der Waals surface area (Å²) < 4.78 is 17.3. The summed E-state index contributed by atoms with van der Waals surface area (Å²) in [5, 5.41) is 1.02. The number of hydrogen-bond acceptors (Lipinski definition) is 5. The third-order valence-electron chi connectivity index (χ3n) is 8.26. The molecule has 0 spiro atoms. The van der Waals surface area contributed by atoms with Crippen molar-refractivity contribution in [2.75, 3.05) is 33.9 Å². The van der Waals surface area contributed by atoms with Crippen LogP contribution in [0.5, 0.6) is 17.2 Å². The first-order valence-corrected chi connectivity index (χ1v) is 13.5. The first-order chi connectivity index (χ1) is 19.4. The van der Waals surface area contributed by atoms with Gasteiger partial charge in [0.1, 0.15) is 12.3 Å². The number of aromatic amines is 1. The SMILES string of the molecule is CCOc1c(OC)cccc1[C@@H]1CN2C(=O)CN(Cc3ccccc3OC)C(=O)[C@]2(C)c2[nH]c3ccccc3c21. The Morgan fingerprint density at radius 2 is 1.68 bits per heavy atom. The average molecular weight is 540 g/mol. The number of para-hydroxylation sites is 3. The van der Waals surface area contributed by atoms with E-state index in [1.807, 2.05) is 74.5 Å². The Bertz CT molecular complexity index is 1610. The molecule has 8 nitrogen and oxygen atoms in total. The van der Waals surface area contributed by atoms with E-state index in [2.05, 4.69) is 11.1 Å². The third-order valence-corrected chi connectivity index (χ3v) is 8.26. The molecule has 4 aromatic rings. The molecule has 1 saturated heterocycles. The molecule has 0 bridgehead atoms. The molecule has 2 amide bonds. The van der Waals surface area contributed by atoms with E-state index < -0.39 is 5.54 Å². The zero-order chi connectivity index (χ0) is 28.0. The number of fused-ring (bicyclic) bond motifs is 5. The van der Waals surface area contributed by atoms with Crippen molar-refractivity contribution in [3.8, 4) is 17.2 Å². The topological polar surface area (TPSA) is 84.1 Å². The Morgan fingerprint density at radius 3 is 2.45 bits per heavy atom. The summed E-state index contributed by atoms with van der Waals surface area (Å²) >= 11 is 0.